The molecular formula is C29H33ClN2O4S. The summed E-state index contributed by atoms with van der Waals surface area (Å²) in [6.07, 6.45) is 3.02. The summed E-state index contributed by atoms with van der Waals surface area (Å²) in [7, 11) is -4.01. The summed E-state index contributed by atoms with van der Waals surface area (Å²) in [5.74, 6) is 0.711. The second-order valence-electron chi connectivity index (χ2n) is 9.35. The maximum absolute atomic E-state index is 13.6. The fraction of sp³-hybridized carbons (Fsp3) is 0.345. The number of piperidine rings is 1. The SMILES string of the molecule is CCOc1ccc(S(=O)(=O)N[C@H](Cc2ccccc2)C(=O)N2CCC(Cc3ccccc3)CC2)cc1Cl. The van der Waals surface area contributed by atoms with Gasteiger partial charge in [-0.3, -0.25) is 4.79 Å². The Morgan fingerprint density at radius 3 is 2.22 bits per heavy atom. The third kappa shape index (κ3) is 7.34. The number of carbonyl (C=O) groups is 1. The van der Waals surface area contributed by atoms with E-state index < -0.39 is 16.1 Å². The molecule has 1 aliphatic heterocycles. The minimum Gasteiger partial charge on any atom is -0.492 e. The Hall–Kier alpha value is -2.87. The predicted octanol–water partition coefficient (Wildman–Crippen LogP) is 5.11. The van der Waals surface area contributed by atoms with E-state index in [1.807, 2.05) is 55.5 Å². The van der Waals surface area contributed by atoms with E-state index in [0.29, 0.717) is 31.4 Å². The number of benzene rings is 3. The molecule has 1 amide bonds. The number of likely N-dealkylation sites (tertiary alicyclic amines) is 1. The zero-order valence-electron chi connectivity index (χ0n) is 21.0. The summed E-state index contributed by atoms with van der Waals surface area (Å²) in [6.45, 7) is 3.46. The van der Waals surface area contributed by atoms with E-state index in [9.17, 15) is 13.2 Å². The number of nitrogens with one attached hydrogen (secondary N) is 1. The number of hydrogen-bond acceptors (Lipinski definition) is 4. The van der Waals surface area contributed by atoms with Gasteiger partial charge in [-0.05, 0) is 67.9 Å². The molecule has 1 N–H and O–H groups in total. The lowest BCUT2D eigenvalue weighted by Crippen LogP contribution is -2.51. The lowest BCUT2D eigenvalue weighted by Gasteiger charge is -2.34. The van der Waals surface area contributed by atoms with Crippen LogP contribution in [-0.4, -0.2) is 45.0 Å². The van der Waals surface area contributed by atoms with Crippen LogP contribution < -0.4 is 9.46 Å². The fourth-order valence-corrected chi connectivity index (χ4v) is 6.25. The van der Waals surface area contributed by atoms with Crippen molar-refractivity contribution in [2.75, 3.05) is 19.7 Å². The lowest BCUT2D eigenvalue weighted by molar-refractivity contribution is -0.134. The molecule has 37 heavy (non-hydrogen) atoms. The number of amides is 1. The van der Waals surface area contributed by atoms with Crippen molar-refractivity contribution in [3.05, 3.63) is 95.0 Å². The molecule has 4 rings (SSSR count). The minimum atomic E-state index is -4.01. The van der Waals surface area contributed by atoms with E-state index in [-0.39, 0.29) is 22.2 Å². The van der Waals surface area contributed by atoms with Crippen molar-refractivity contribution in [1.29, 1.82) is 0 Å². The molecule has 1 heterocycles. The number of ether oxygens (including phenoxy) is 1. The van der Waals surface area contributed by atoms with Gasteiger partial charge in [-0.2, -0.15) is 4.72 Å². The highest BCUT2D eigenvalue weighted by Gasteiger charge is 2.32. The van der Waals surface area contributed by atoms with Crippen LogP contribution in [-0.2, 0) is 27.7 Å². The van der Waals surface area contributed by atoms with Crippen LogP contribution >= 0.6 is 11.6 Å². The zero-order valence-corrected chi connectivity index (χ0v) is 22.5. The van der Waals surface area contributed by atoms with Crippen LogP contribution in [0.3, 0.4) is 0 Å². The van der Waals surface area contributed by atoms with Gasteiger partial charge in [0.05, 0.1) is 16.5 Å². The molecule has 8 heteroatoms. The van der Waals surface area contributed by atoms with Gasteiger partial charge in [0.25, 0.3) is 0 Å². The molecule has 3 aromatic rings. The molecule has 1 fully saturated rings. The smallest absolute Gasteiger partial charge is 0.241 e. The number of halogens is 1. The first-order valence-corrected chi connectivity index (χ1v) is 14.5. The van der Waals surface area contributed by atoms with Gasteiger partial charge in [-0.25, -0.2) is 8.42 Å². The topological polar surface area (TPSA) is 75.7 Å². The molecular weight excluding hydrogens is 508 g/mol. The molecule has 0 unspecified atom stereocenters. The van der Waals surface area contributed by atoms with Gasteiger partial charge < -0.3 is 9.64 Å². The van der Waals surface area contributed by atoms with E-state index in [1.165, 1.54) is 23.8 Å². The second kappa shape index (κ2) is 12.6. The summed E-state index contributed by atoms with van der Waals surface area (Å²) >= 11 is 6.24. The maximum atomic E-state index is 13.6. The van der Waals surface area contributed by atoms with Gasteiger partial charge in [-0.15, -0.1) is 0 Å². The Morgan fingerprint density at radius 2 is 1.62 bits per heavy atom. The van der Waals surface area contributed by atoms with Gasteiger partial charge in [-0.1, -0.05) is 72.3 Å². The normalized spacial score (nSPS) is 15.4. The molecule has 196 valence electrons. The standard InChI is InChI=1S/C29H33ClN2O4S/c1-2-36-28-14-13-25(21-26(28)30)37(34,35)31-27(20-23-11-7-4-8-12-23)29(33)32-17-15-24(16-18-32)19-22-9-5-3-6-10-22/h3-14,21,24,27,31H,2,15-20H2,1H3/t27-/m1/s1. The van der Waals surface area contributed by atoms with Gasteiger partial charge in [0, 0.05) is 13.1 Å². The van der Waals surface area contributed by atoms with Gasteiger partial charge in [0.2, 0.25) is 15.9 Å². The van der Waals surface area contributed by atoms with E-state index in [4.69, 9.17) is 16.3 Å². The summed E-state index contributed by atoms with van der Waals surface area (Å²) in [5, 5.41) is 0.205. The highest BCUT2D eigenvalue weighted by molar-refractivity contribution is 7.89. The highest BCUT2D eigenvalue weighted by atomic mass is 35.5. The second-order valence-corrected chi connectivity index (χ2v) is 11.5. The molecule has 1 saturated heterocycles. The lowest BCUT2D eigenvalue weighted by atomic mass is 9.90. The van der Waals surface area contributed by atoms with Crippen molar-refractivity contribution in [3.8, 4) is 5.75 Å². The van der Waals surface area contributed by atoms with Gasteiger partial charge in [0.15, 0.2) is 0 Å². The molecule has 1 atom stereocenters. The Bertz CT molecular complexity index is 1280. The molecule has 1 aliphatic rings. The van der Waals surface area contributed by atoms with E-state index in [1.54, 1.807) is 4.90 Å². The number of rotatable bonds is 10. The van der Waals surface area contributed by atoms with E-state index >= 15 is 0 Å². The van der Waals surface area contributed by atoms with Crippen molar-refractivity contribution in [2.45, 2.75) is 43.5 Å². The number of carbonyl (C=O) groups excluding carboxylic acids is 1. The van der Waals surface area contributed by atoms with Crippen molar-refractivity contribution in [3.63, 3.8) is 0 Å². The number of sulfonamides is 1. The predicted molar refractivity (Wildman–Crippen MR) is 146 cm³/mol. The molecule has 0 spiro atoms. The van der Waals surface area contributed by atoms with E-state index in [0.717, 1.165) is 24.8 Å². The zero-order chi connectivity index (χ0) is 26.3. The Balaban J connectivity index is 1.48. The molecule has 0 aliphatic carbocycles. The Morgan fingerprint density at radius 1 is 1.00 bits per heavy atom. The summed E-state index contributed by atoms with van der Waals surface area (Å²) in [5.41, 5.74) is 2.18. The average Bonchev–Trinajstić information content (AvgIpc) is 2.90. The fourth-order valence-electron chi connectivity index (χ4n) is 4.73. The van der Waals surface area contributed by atoms with Crippen LogP contribution in [0.4, 0.5) is 0 Å². The molecule has 0 aromatic heterocycles. The number of hydrogen-bond donors (Lipinski definition) is 1. The molecule has 6 nitrogen and oxygen atoms in total. The van der Waals surface area contributed by atoms with Crippen LogP contribution in [0.5, 0.6) is 5.75 Å². The van der Waals surface area contributed by atoms with Gasteiger partial charge >= 0.3 is 0 Å². The average molecular weight is 541 g/mol. The van der Waals surface area contributed by atoms with Gasteiger partial charge in [0.1, 0.15) is 11.8 Å². The largest absolute Gasteiger partial charge is 0.492 e. The first-order chi connectivity index (χ1) is 17.9. The van der Waals surface area contributed by atoms with Crippen molar-refractivity contribution in [2.24, 2.45) is 5.92 Å². The van der Waals surface area contributed by atoms with Crippen LogP contribution in [0.2, 0.25) is 5.02 Å². The molecule has 3 aromatic carbocycles. The molecule has 0 saturated carbocycles. The van der Waals surface area contributed by atoms with E-state index in [2.05, 4.69) is 16.9 Å². The highest BCUT2D eigenvalue weighted by Crippen LogP contribution is 2.28. The summed E-state index contributed by atoms with van der Waals surface area (Å²) in [4.78, 5) is 15.4. The summed E-state index contributed by atoms with van der Waals surface area (Å²) in [6, 6.07) is 23.2. The van der Waals surface area contributed by atoms with Crippen molar-refractivity contribution >= 4 is 27.5 Å². The third-order valence-electron chi connectivity index (χ3n) is 6.69. The van der Waals surface area contributed by atoms with Crippen LogP contribution in [0.15, 0.2) is 83.8 Å². The Kier molecular flexibility index (Phi) is 9.24. The van der Waals surface area contributed by atoms with Crippen molar-refractivity contribution in [1.82, 2.24) is 9.62 Å². The quantitative estimate of drug-likeness (QED) is 0.388. The first-order valence-electron chi connectivity index (χ1n) is 12.7. The maximum Gasteiger partial charge on any atom is 0.241 e. The molecule has 0 radical (unpaired) electrons. The van der Waals surface area contributed by atoms with Crippen LogP contribution in [0.25, 0.3) is 0 Å². The first kappa shape index (κ1) is 27.2. The number of nitrogens with zero attached hydrogens (tertiary/aromatic N) is 1. The van der Waals surface area contributed by atoms with Crippen LogP contribution in [0.1, 0.15) is 30.9 Å². The van der Waals surface area contributed by atoms with Crippen molar-refractivity contribution < 1.29 is 17.9 Å². The molecule has 0 bridgehead atoms. The Labute approximate surface area is 224 Å². The minimum absolute atomic E-state index is 0.00613. The monoisotopic (exact) mass is 540 g/mol. The van der Waals surface area contributed by atoms with Crippen LogP contribution in [0, 0.1) is 5.92 Å². The summed E-state index contributed by atoms with van der Waals surface area (Å²) < 4.78 is 34.7. The third-order valence-corrected chi connectivity index (χ3v) is 8.45.